The Labute approximate surface area is 308 Å². The molecule has 0 spiro atoms. The summed E-state index contributed by atoms with van der Waals surface area (Å²) < 4.78 is 18.3. The number of amides is 5. The van der Waals surface area contributed by atoms with E-state index in [1.165, 1.54) is 48.8 Å². The summed E-state index contributed by atoms with van der Waals surface area (Å²) in [5.41, 5.74) is 1.85. The quantitative estimate of drug-likeness (QED) is 0.271. The highest BCUT2D eigenvalue weighted by atomic mass is 16.5. The molecule has 0 saturated heterocycles. The number of aryl methyl sites for hydroxylation is 1. The molecule has 4 N–H and O–H groups in total. The molecule has 2 bridgehead atoms. The Bertz CT molecular complexity index is 1850. The standard InChI is InChI=1S/C38H48N6O9/c1-7-29-23(2)18-27(37(49)43(29)4)38(50)44-16-15-40-36(48)28(19-25-12-9-8-10-13-25)42-34(46)24(3)41-35(47)26-20-30(51-5)33(31(21-26)52-6)53-17-11-14-39-32(45)22-44/h8-10,12-13,18,20-21,24,28H,7,11,14-17,19,22H2,1-6H3,(H,39,45)(H,40,48)(H,41,47)(H,42,46)/t24-,28+/m0/s1. The molecule has 5 amide bonds. The third-order valence-electron chi connectivity index (χ3n) is 8.89. The smallest absolute Gasteiger partial charge is 0.263 e. The first kappa shape index (κ1) is 39.9. The molecule has 2 aromatic carbocycles. The van der Waals surface area contributed by atoms with Gasteiger partial charge in [0.15, 0.2) is 11.5 Å². The molecule has 2 atom stereocenters. The zero-order chi connectivity index (χ0) is 38.7. The van der Waals surface area contributed by atoms with E-state index in [1.54, 1.807) is 19.2 Å². The molecule has 0 unspecified atom stereocenters. The van der Waals surface area contributed by atoms with E-state index >= 15 is 0 Å². The summed E-state index contributed by atoms with van der Waals surface area (Å²) in [5.74, 6) is -2.26. The lowest BCUT2D eigenvalue weighted by Gasteiger charge is -2.25. The average Bonchev–Trinajstić information content (AvgIpc) is 3.14. The van der Waals surface area contributed by atoms with E-state index < -0.39 is 53.7 Å². The number of methoxy groups -OCH3 is 2. The minimum absolute atomic E-state index is 0.0925. The van der Waals surface area contributed by atoms with Gasteiger partial charge < -0.3 is 44.9 Å². The van der Waals surface area contributed by atoms with Crippen LogP contribution in [0.15, 0.2) is 53.3 Å². The van der Waals surface area contributed by atoms with Crippen LogP contribution in [-0.4, -0.2) is 98.1 Å². The molecule has 0 aliphatic carbocycles. The van der Waals surface area contributed by atoms with Crippen LogP contribution in [0.3, 0.4) is 0 Å². The maximum Gasteiger partial charge on any atom is 0.263 e. The largest absolute Gasteiger partial charge is 0.493 e. The lowest BCUT2D eigenvalue weighted by atomic mass is 10.0. The van der Waals surface area contributed by atoms with Gasteiger partial charge >= 0.3 is 0 Å². The number of hydrogen-bond acceptors (Lipinski definition) is 9. The zero-order valence-electron chi connectivity index (χ0n) is 31.0. The highest BCUT2D eigenvalue weighted by Gasteiger charge is 2.28. The number of ether oxygens (including phenoxy) is 3. The molecule has 1 aromatic heterocycles. The van der Waals surface area contributed by atoms with Gasteiger partial charge in [-0.3, -0.25) is 28.8 Å². The van der Waals surface area contributed by atoms with Gasteiger partial charge in [-0.1, -0.05) is 37.3 Å². The zero-order valence-corrected chi connectivity index (χ0v) is 31.0. The van der Waals surface area contributed by atoms with Gasteiger partial charge in [0, 0.05) is 44.4 Å². The Kier molecular flexibility index (Phi) is 14.0. The number of fused-ring (bicyclic) bond motifs is 19. The highest BCUT2D eigenvalue weighted by Crippen LogP contribution is 2.38. The number of hydrogen-bond donors (Lipinski definition) is 4. The number of carbonyl (C=O) groups excluding carboxylic acids is 5. The second-order valence-electron chi connectivity index (χ2n) is 12.6. The van der Waals surface area contributed by atoms with Crippen molar-refractivity contribution in [3.05, 3.63) is 86.8 Å². The van der Waals surface area contributed by atoms with Gasteiger partial charge in [-0.05, 0) is 56.0 Å². The monoisotopic (exact) mass is 732 g/mol. The van der Waals surface area contributed by atoms with Crippen molar-refractivity contribution in [2.75, 3.05) is 47.0 Å². The predicted octanol–water partition coefficient (Wildman–Crippen LogP) is 1.28. The van der Waals surface area contributed by atoms with Crippen molar-refractivity contribution in [2.45, 2.75) is 52.1 Å². The van der Waals surface area contributed by atoms with Gasteiger partial charge in [-0.15, -0.1) is 0 Å². The predicted molar refractivity (Wildman–Crippen MR) is 196 cm³/mol. The number of rotatable bonds is 6. The summed E-state index contributed by atoms with van der Waals surface area (Å²) in [5, 5.41) is 10.9. The van der Waals surface area contributed by atoms with E-state index in [-0.39, 0.29) is 61.0 Å². The van der Waals surface area contributed by atoms with Gasteiger partial charge in [-0.25, -0.2) is 0 Å². The number of pyridine rings is 1. The highest BCUT2D eigenvalue weighted by molar-refractivity contribution is 5.99. The van der Waals surface area contributed by atoms with E-state index in [0.29, 0.717) is 12.8 Å². The summed E-state index contributed by atoms with van der Waals surface area (Å²) >= 11 is 0. The molecule has 3 aromatic rings. The lowest BCUT2D eigenvalue weighted by Crippen LogP contribution is -2.54. The average molecular weight is 733 g/mol. The minimum atomic E-state index is -1.07. The number of carbonyl (C=O) groups is 5. The van der Waals surface area contributed by atoms with Gasteiger partial charge in [0.25, 0.3) is 17.4 Å². The van der Waals surface area contributed by atoms with Crippen LogP contribution in [0.2, 0.25) is 0 Å². The van der Waals surface area contributed by atoms with E-state index in [1.807, 2.05) is 32.0 Å². The molecular formula is C38H48N6O9. The first-order valence-electron chi connectivity index (χ1n) is 17.5. The second kappa shape index (κ2) is 18.6. The maximum atomic E-state index is 13.9. The normalized spacial score (nSPS) is 18.0. The van der Waals surface area contributed by atoms with Gasteiger partial charge in [0.2, 0.25) is 23.5 Å². The lowest BCUT2D eigenvalue weighted by molar-refractivity contribution is -0.129. The van der Waals surface area contributed by atoms with Crippen LogP contribution in [0.1, 0.15) is 57.8 Å². The van der Waals surface area contributed by atoms with Gasteiger partial charge in [-0.2, -0.15) is 0 Å². The number of nitrogens with one attached hydrogen (secondary N) is 4. The Balaban J connectivity index is 1.66. The number of aromatic nitrogens is 1. The Morgan fingerprint density at radius 1 is 0.925 bits per heavy atom. The number of benzene rings is 2. The van der Waals surface area contributed by atoms with Crippen LogP contribution in [0.4, 0.5) is 0 Å². The van der Waals surface area contributed by atoms with Crippen LogP contribution in [0, 0.1) is 6.92 Å². The SMILES string of the molecule is CCc1c(C)cc(C(=O)N2CCNC(=O)[C@@H](Cc3ccccc3)NC(=O)[C@H](C)NC(=O)c3cc(OC)c(c(OC)c3)OCCCNC(=O)C2)c(=O)n1C. The van der Waals surface area contributed by atoms with Crippen molar-refractivity contribution < 1.29 is 38.2 Å². The van der Waals surface area contributed by atoms with E-state index in [4.69, 9.17) is 14.2 Å². The first-order valence-corrected chi connectivity index (χ1v) is 17.5. The molecule has 2 aliphatic heterocycles. The molecular weight excluding hydrogens is 684 g/mol. The van der Waals surface area contributed by atoms with E-state index in [2.05, 4.69) is 21.3 Å². The molecule has 0 radical (unpaired) electrons. The molecule has 2 aliphatic rings. The second-order valence-corrected chi connectivity index (χ2v) is 12.6. The fourth-order valence-corrected chi connectivity index (χ4v) is 6.02. The van der Waals surface area contributed by atoms with Crippen molar-refractivity contribution in [1.82, 2.24) is 30.7 Å². The summed E-state index contributed by atoms with van der Waals surface area (Å²) in [4.78, 5) is 81.9. The molecule has 5 rings (SSSR count). The molecule has 0 fully saturated rings. The van der Waals surface area contributed by atoms with Crippen LogP contribution >= 0.6 is 0 Å². The topological polar surface area (TPSA) is 186 Å². The summed E-state index contributed by atoms with van der Waals surface area (Å²) in [7, 11) is 4.41. The summed E-state index contributed by atoms with van der Waals surface area (Å²) in [6.07, 6.45) is 1.07. The van der Waals surface area contributed by atoms with Crippen LogP contribution < -0.4 is 41.0 Å². The van der Waals surface area contributed by atoms with Crippen molar-refractivity contribution in [2.24, 2.45) is 7.05 Å². The Morgan fingerprint density at radius 3 is 2.25 bits per heavy atom. The fraction of sp³-hybridized carbons (Fsp3) is 0.421. The van der Waals surface area contributed by atoms with E-state index in [0.717, 1.165) is 16.8 Å². The molecule has 284 valence electrons. The van der Waals surface area contributed by atoms with E-state index in [9.17, 15) is 28.8 Å². The first-order chi connectivity index (χ1) is 25.4. The van der Waals surface area contributed by atoms with Crippen molar-refractivity contribution in [3.63, 3.8) is 0 Å². The van der Waals surface area contributed by atoms with Crippen molar-refractivity contribution in [3.8, 4) is 17.2 Å². The third kappa shape index (κ3) is 10.1. The van der Waals surface area contributed by atoms with Crippen LogP contribution in [0.25, 0.3) is 0 Å². The Hall–Kier alpha value is -5.86. The van der Waals surface area contributed by atoms with Crippen LogP contribution in [-0.2, 0) is 34.3 Å². The molecule has 3 heterocycles. The third-order valence-corrected chi connectivity index (χ3v) is 8.89. The maximum absolute atomic E-state index is 13.9. The van der Waals surface area contributed by atoms with Crippen LogP contribution in [0.5, 0.6) is 17.2 Å². The fourth-order valence-electron chi connectivity index (χ4n) is 6.02. The molecule has 0 saturated carbocycles. The van der Waals surface area contributed by atoms with Gasteiger partial charge in [0.1, 0.15) is 17.6 Å². The van der Waals surface area contributed by atoms with Crippen molar-refractivity contribution >= 4 is 29.5 Å². The summed E-state index contributed by atoms with van der Waals surface area (Å²) in [6.45, 7) is 4.93. The van der Waals surface area contributed by atoms with Gasteiger partial charge in [0.05, 0.1) is 27.4 Å². The Morgan fingerprint density at radius 2 is 1.60 bits per heavy atom. The molecule has 15 heteroatoms. The number of nitrogens with zero attached hydrogens (tertiary/aromatic N) is 2. The molecule has 53 heavy (non-hydrogen) atoms. The molecule has 15 nitrogen and oxygen atoms in total. The minimum Gasteiger partial charge on any atom is -0.493 e. The summed E-state index contributed by atoms with van der Waals surface area (Å²) in [6, 6.07) is 11.4. The van der Waals surface area contributed by atoms with Crippen molar-refractivity contribution in [1.29, 1.82) is 0 Å².